The van der Waals surface area contributed by atoms with Crippen LogP contribution in [-0.2, 0) is 10.0 Å². The minimum Gasteiger partial charge on any atom is -0.398 e. The zero-order chi connectivity index (χ0) is 13.7. The summed E-state index contributed by atoms with van der Waals surface area (Å²) >= 11 is 1.49. The zero-order valence-corrected chi connectivity index (χ0v) is 12.5. The molecule has 1 aliphatic carbocycles. The molecule has 6 heteroatoms. The summed E-state index contributed by atoms with van der Waals surface area (Å²) in [7, 11) is -3.16. The lowest BCUT2D eigenvalue weighted by atomic mass is 10.3. The molecule has 1 aliphatic rings. The Kier molecular flexibility index (Phi) is 5.13. The molecule has 1 saturated carbocycles. The van der Waals surface area contributed by atoms with E-state index in [4.69, 9.17) is 5.73 Å². The minimum atomic E-state index is -3.16. The molecule has 0 spiro atoms. The van der Waals surface area contributed by atoms with Crippen molar-refractivity contribution in [3.8, 4) is 0 Å². The standard InChI is InChI=1S/C13H20N2O2S2/c14-12-7-3-4-8-13(12)18-9-10-19(16,17)15-11-5-1-2-6-11/h3-4,7-8,11,15H,1-2,5-6,9-10,14H2. The molecule has 4 nitrogen and oxygen atoms in total. The van der Waals surface area contributed by atoms with Gasteiger partial charge in [-0.1, -0.05) is 25.0 Å². The third-order valence-electron chi connectivity index (χ3n) is 3.23. The zero-order valence-electron chi connectivity index (χ0n) is 10.8. The monoisotopic (exact) mass is 300 g/mol. The number of para-hydroxylation sites is 1. The molecule has 1 fully saturated rings. The Morgan fingerprint density at radius 2 is 1.95 bits per heavy atom. The molecule has 0 unspecified atom stereocenters. The second-order valence-electron chi connectivity index (χ2n) is 4.80. The summed E-state index contributed by atoms with van der Waals surface area (Å²) in [5, 5.41) is 0. The Balaban J connectivity index is 1.79. The van der Waals surface area contributed by atoms with E-state index in [1.54, 1.807) is 0 Å². The number of nitrogen functional groups attached to an aromatic ring is 1. The van der Waals surface area contributed by atoms with Crippen molar-refractivity contribution in [3.05, 3.63) is 24.3 Å². The van der Waals surface area contributed by atoms with Gasteiger partial charge in [0.25, 0.3) is 0 Å². The average Bonchev–Trinajstić information content (AvgIpc) is 2.83. The maximum atomic E-state index is 11.9. The van der Waals surface area contributed by atoms with Crippen LogP contribution in [0.5, 0.6) is 0 Å². The molecule has 0 aliphatic heterocycles. The SMILES string of the molecule is Nc1ccccc1SCCS(=O)(=O)NC1CCCC1. The molecule has 0 radical (unpaired) electrons. The van der Waals surface area contributed by atoms with Crippen LogP contribution in [0, 0.1) is 0 Å². The second kappa shape index (κ2) is 6.63. The van der Waals surface area contributed by atoms with Crippen LogP contribution in [-0.4, -0.2) is 26.0 Å². The fourth-order valence-corrected chi connectivity index (χ4v) is 4.93. The number of benzene rings is 1. The van der Waals surface area contributed by atoms with Gasteiger partial charge < -0.3 is 5.73 Å². The number of rotatable bonds is 6. The van der Waals surface area contributed by atoms with Crippen molar-refractivity contribution in [1.82, 2.24) is 4.72 Å². The first-order valence-electron chi connectivity index (χ1n) is 6.54. The molecular weight excluding hydrogens is 280 g/mol. The summed E-state index contributed by atoms with van der Waals surface area (Å²) in [6.45, 7) is 0. The van der Waals surface area contributed by atoms with E-state index in [2.05, 4.69) is 4.72 Å². The summed E-state index contributed by atoms with van der Waals surface area (Å²) in [5.41, 5.74) is 6.52. The lowest BCUT2D eigenvalue weighted by molar-refractivity contribution is 0.553. The quantitative estimate of drug-likeness (QED) is 0.624. The van der Waals surface area contributed by atoms with Crippen molar-refractivity contribution in [3.63, 3.8) is 0 Å². The van der Waals surface area contributed by atoms with Crippen LogP contribution in [0.4, 0.5) is 5.69 Å². The minimum absolute atomic E-state index is 0.141. The Labute approximate surface area is 119 Å². The van der Waals surface area contributed by atoms with Gasteiger partial charge in [0.2, 0.25) is 10.0 Å². The van der Waals surface area contributed by atoms with E-state index in [1.807, 2.05) is 24.3 Å². The Bertz CT molecular complexity index is 511. The smallest absolute Gasteiger partial charge is 0.212 e. The number of nitrogens with two attached hydrogens (primary N) is 1. The van der Waals surface area contributed by atoms with Crippen molar-refractivity contribution < 1.29 is 8.42 Å². The molecule has 19 heavy (non-hydrogen) atoms. The summed E-state index contributed by atoms with van der Waals surface area (Å²) in [6, 6.07) is 7.67. The number of anilines is 1. The molecule has 0 saturated heterocycles. The molecule has 0 amide bonds. The highest BCUT2D eigenvalue weighted by molar-refractivity contribution is 8.00. The maximum Gasteiger partial charge on any atom is 0.212 e. The fourth-order valence-electron chi connectivity index (χ4n) is 2.23. The van der Waals surface area contributed by atoms with Crippen LogP contribution in [0.15, 0.2) is 29.2 Å². The van der Waals surface area contributed by atoms with E-state index in [1.165, 1.54) is 11.8 Å². The van der Waals surface area contributed by atoms with E-state index in [-0.39, 0.29) is 11.8 Å². The number of thioether (sulfide) groups is 1. The molecular formula is C13H20N2O2S2. The first kappa shape index (κ1) is 14.7. The van der Waals surface area contributed by atoms with E-state index >= 15 is 0 Å². The summed E-state index contributed by atoms with van der Waals surface area (Å²) in [5.74, 6) is 0.665. The van der Waals surface area contributed by atoms with Gasteiger partial charge in [-0.15, -0.1) is 11.8 Å². The number of hydrogen-bond donors (Lipinski definition) is 2. The van der Waals surface area contributed by atoms with Gasteiger partial charge in [-0.05, 0) is 25.0 Å². The molecule has 1 aromatic carbocycles. The normalized spacial score (nSPS) is 16.8. The van der Waals surface area contributed by atoms with Crippen molar-refractivity contribution in [1.29, 1.82) is 0 Å². The van der Waals surface area contributed by atoms with Crippen molar-refractivity contribution in [2.45, 2.75) is 36.6 Å². The van der Waals surface area contributed by atoms with Crippen molar-refractivity contribution in [2.24, 2.45) is 0 Å². The van der Waals surface area contributed by atoms with Gasteiger partial charge in [0.15, 0.2) is 0 Å². The summed E-state index contributed by atoms with van der Waals surface area (Å²) < 4.78 is 26.6. The topological polar surface area (TPSA) is 72.2 Å². The lowest BCUT2D eigenvalue weighted by Crippen LogP contribution is -2.35. The van der Waals surface area contributed by atoms with Crippen LogP contribution in [0.25, 0.3) is 0 Å². The number of sulfonamides is 1. The van der Waals surface area contributed by atoms with E-state index in [9.17, 15) is 8.42 Å². The first-order valence-corrected chi connectivity index (χ1v) is 9.18. The van der Waals surface area contributed by atoms with Crippen LogP contribution in [0.1, 0.15) is 25.7 Å². The summed E-state index contributed by atoms with van der Waals surface area (Å²) in [6.07, 6.45) is 4.20. The van der Waals surface area contributed by atoms with Crippen LogP contribution in [0.2, 0.25) is 0 Å². The molecule has 0 aromatic heterocycles. The Morgan fingerprint density at radius 1 is 1.26 bits per heavy atom. The van der Waals surface area contributed by atoms with Gasteiger partial charge in [-0.2, -0.15) is 0 Å². The van der Waals surface area contributed by atoms with E-state index in [0.29, 0.717) is 11.4 Å². The fraction of sp³-hybridized carbons (Fsp3) is 0.538. The average molecular weight is 300 g/mol. The molecule has 1 aromatic rings. The second-order valence-corrected chi connectivity index (χ2v) is 7.81. The number of hydrogen-bond acceptors (Lipinski definition) is 4. The van der Waals surface area contributed by atoms with Gasteiger partial charge >= 0.3 is 0 Å². The third-order valence-corrected chi connectivity index (χ3v) is 6.01. The third kappa shape index (κ3) is 4.71. The Hall–Kier alpha value is -0.720. The highest BCUT2D eigenvalue weighted by atomic mass is 32.2. The highest BCUT2D eigenvalue weighted by Gasteiger charge is 2.21. The van der Waals surface area contributed by atoms with Gasteiger partial charge in [-0.3, -0.25) is 0 Å². The molecule has 0 heterocycles. The lowest BCUT2D eigenvalue weighted by Gasteiger charge is -2.12. The highest BCUT2D eigenvalue weighted by Crippen LogP contribution is 2.24. The Morgan fingerprint density at radius 3 is 2.63 bits per heavy atom. The van der Waals surface area contributed by atoms with E-state index < -0.39 is 10.0 Å². The van der Waals surface area contributed by atoms with Crippen molar-refractivity contribution in [2.75, 3.05) is 17.2 Å². The van der Waals surface area contributed by atoms with Crippen LogP contribution >= 0.6 is 11.8 Å². The van der Waals surface area contributed by atoms with Crippen molar-refractivity contribution >= 4 is 27.5 Å². The molecule has 2 rings (SSSR count). The summed E-state index contributed by atoms with van der Waals surface area (Å²) in [4.78, 5) is 0.943. The van der Waals surface area contributed by atoms with E-state index in [0.717, 1.165) is 30.6 Å². The maximum absolute atomic E-state index is 11.9. The van der Waals surface area contributed by atoms with Gasteiger partial charge in [-0.25, -0.2) is 13.1 Å². The predicted octanol–water partition coefficient (Wildman–Crippen LogP) is 2.22. The molecule has 3 N–H and O–H groups in total. The predicted molar refractivity (Wildman–Crippen MR) is 80.8 cm³/mol. The largest absolute Gasteiger partial charge is 0.398 e. The van der Waals surface area contributed by atoms with Crippen LogP contribution < -0.4 is 10.5 Å². The molecule has 0 atom stereocenters. The van der Waals surface area contributed by atoms with Gasteiger partial charge in [0, 0.05) is 22.4 Å². The van der Waals surface area contributed by atoms with Crippen LogP contribution in [0.3, 0.4) is 0 Å². The molecule has 0 bridgehead atoms. The van der Waals surface area contributed by atoms with Gasteiger partial charge in [0.1, 0.15) is 0 Å². The molecule has 106 valence electrons. The number of nitrogens with one attached hydrogen (secondary N) is 1. The van der Waals surface area contributed by atoms with Gasteiger partial charge in [0.05, 0.1) is 5.75 Å². The first-order chi connectivity index (χ1) is 9.07.